The Morgan fingerprint density at radius 2 is 2.08 bits per heavy atom. The van der Waals surface area contributed by atoms with Crippen molar-refractivity contribution in [1.29, 1.82) is 0 Å². The third-order valence-electron chi connectivity index (χ3n) is 3.57. The van der Waals surface area contributed by atoms with Crippen LogP contribution in [-0.2, 0) is 0 Å². The lowest BCUT2D eigenvalue weighted by atomic mass is 10.2. The van der Waals surface area contributed by atoms with E-state index in [0.717, 1.165) is 15.6 Å². The molecule has 0 unspecified atom stereocenters. The number of aromatic nitrogens is 3. The maximum atomic E-state index is 5.53. The summed E-state index contributed by atoms with van der Waals surface area (Å²) in [6.45, 7) is 2.50. The molecule has 1 N–H and O–H groups in total. The predicted molar refractivity (Wildman–Crippen MR) is 108 cm³/mol. The Hall–Kier alpha value is -2.45. The van der Waals surface area contributed by atoms with Crippen molar-refractivity contribution in [3.05, 3.63) is 57.3 Å². The summed E-state index contributed by atoms with van der Waals surface area (Å²) in [5, 5.41) is 11.6. The fraction of sp³-hybridized carbons (Fsp3) is 0.167. The Bertz CT molecular complexity index is 997. The number of rotatable bonds is 6. The van der Waals surface area contributed by atoms with Crippen molar-refractivity contribution < 1.29 is 9.47 Å². The number of hydrogen-bond donors (Lipinski definition) is 1. The molecule has 1 aromatic heterocycles. The number of halogens is 1. The molecule has 3 aromatic rings. The molecule has 8 heteroatoms. The lowest BCUT2D eigenvalue weighted by Crippen LogP contribution is -1.98. The van der Waals surface area contributed by atoms with E-state index in [1.165, 1.54) is 0 Å². The number of nitrogens with one attached hydrogen (secondary N) is 1. The first-order valence-corrected chi connectivity index (χ1v) is 9.11. The van der Waals surface area contributed by atoms with Crippen LogP contribution in [0.4, 0.5) is 0 Å². The first-order valence-electron chi connectivity index (χ1n) is 7.91. The quantitative estimate of drug-likeness (QED) is 0.454. The van der Waals surface area contributed by atoms with Crippen LogP contribution < -0.4 is 9.47 Å². The Labute approximate surface area is 164 Å². The SMILES string of the molecule is CCOc1ccc(/C=N/n2c(-c3ccccc3Br)n[nH]c2=S)cc1OC. The zero-order valence-corrected chi connectivity index (χ0v) is 16.7. The van der Waals surface area contributed by atoms with Crippen molar-refractivity contribution in [1.82, 2.24) is 14.9 Å². The number of aromatic amines is 1. The maximum absolute atomic E-state index is 5.53. The number of nitrogens with zero attached hydrogens (tertiary/aromatic N) is 3. The molecule has 26 heavy (non-hydrogen) atoms. The lowest BCUT2D eigenvalue weighted by Gasteiger charge is -2.09. The first-order chi connectivity index (χ1) is 12.6. The predicted octanol–water partition coefficient (Wildman–Crippen LogP) is 4.66. The van der Waals surface area contributed by atoms with E-state index in [9.17, 15) is 0 Å². The van der Waals surface area contributed by atoms with Gasteiger partial charge in [-0.1, -0.05) is 28.1 Å². The monoisotopic (exact) mass is 432 g/mol. The van der Waals surface area contributed by atoms with Gasteiger partial charge in [0, 0.05) is 10.0 Å². The second kappa shape index (κ2) is 8.29. The summed E-state index contributed by atoms with van der Waals surface area (Å²) in [6, 6.07) is 13.4. The highest BCUT2D eigenvalue weighted by atomic mass is 79.9. The Morgan fingerprint density at radius 3 is 2.81 bits per heavy atom. The minimum Gasteiger partial charge on any atom is -0.493 e. The zero-order chi connectivity index (χ0) is 18.5. The molecule has 0 spiro atoms. The number of methoxy groups -OCH3 is 1. The van der Waals surface area contributed by atoms with Gasteiger partial charge in [-0.2, -0.15) is 14.9 Å². The summed E-state index contributed by atoms with van der Waals surface area (Å²) >= 11 is 8.84. The molecule has 3 rings (SSSR count). The molecule has 134 valence electrons. The highest BCUT2D eigenvalue weighted by Gasteiger charge is 2.11. The van der Waals surface area contributed by atoms with Gasteiger partial charge in [0.2, 0.25) is 4.77 Å². The van der Waals surface area contributed by atoms with E-state index >= 15 is 0 Å². The average molecular weight is 433 g/mol. The van der Waals surface area contributed by atoms with Gasteiger partial charge < -0.3 is 9.47 Å². The lowest BCUT2D eigenvalue weighted by molar-refractivity contribution is 0.311. The number of ether oxygens (including phenoxy) is 2. The normalized spacial score (nSPS) is 11.0. The van der Waals surface area contributed by atoms with Crippen molar-refractivity contribution in [2.24, 2.45) is 5.10 Å². The molecule has 0 saturated carbocycles. The number of H-pyrrole nitrogens is 1. The van der Waals surface area contributed by atoms with Crippen LogP contribution in [0.25, 0.3) is 11.4 Å². The van der Waals surface area contributed by atoms with Crippen LogP contribution in [-0.4, -0.2) is 34.8 Å². The van der Waals surface area contributed by atoms with E-state index in [0.29, 0.717) is 28.7 Å². The van der Waals surface area contributed by atoms with Gasteiger partial charge in [-0.3, -0.25) is 0 Å². The summed E-state index contributed by atoms with van der Waals surface area (Å²) in [7, 11) is 1.61. The fourth-order valence-electron chi connectivity index (χ4n) is 2.38. The van der Waals surface area contributed by atoms with E-state index in [4.69, 9.17) is 21.7 Å². The van der Waals surface area contributed by atoms with Crippen molar-refractivity contribution in [3.8, 4) is 22.9 Å². The van der Waals surface area contributed by atoms with Crippen LogP contribution in [0.5, 0.6) is 11.5 Å². The van der Waals surface area contributed by atoms with E-state index in [1.54, 1.807) is 18.0 Å². The molecule has 6 nitrogen and oxygen atoms in total. The third-order valence-corrected chi connectivity index (χ3v) is 4.53. The van der Waals surface area contributed by atoms with E-state index in [1.807, 2.05) is 49.4 Å². The second-order valence-electron chi connectivity index (χ2n) is 5.23. The van der Waals surface area contributed by atoms with Gasteiger partial charge in [-0.05, 0) is 55.0 Å². The summed E-state index contributed by atoms with van der Waals surface area (Å²) in [5.41, 5.74) is 1.74. The van der Waals surface area contributed by atoms with Gasteiger partial charge in [-0.25, -0.2) is 5.10 Å². The van der Waals surface area contributed by atoms with E-state index < -0.39 is 0 Å². The molecule has 0 bridgehead atoms. The van der Waals surface area contributed by atoms with Crippen LogP contribution in [0.15, 0.2) is 52.0 Å². The summed E-state index contributed by atoms with van der Waals surface area (Å²) < 4.78 is 13.8. The van der Waals surface area contributed by atoms with Gasteiger partial charge in [0.05, 0.1) is 19.9 Å². The van der Waals surface area contributed by atoms with Crippen LogP contribution in [0, 0.1) is 4.77 Å². The van der Waals surface area contributed by atoms with Crippen molar-refractivity contribution in [2.45, 2.75) is 6.92 Å². The number of benzene rings is 2. The minimum atomic E-state index is 0.407. The average Bonchev–Trinajstić information content (AvgIpc) is 3.02. The molecule has 0 amide bonds. The first kappa shape index (κ1) is 18.3. The molecule has 0 atom stereocenters. The molecule has 0 saturated heterocycles. The van der Waals surface area contributed by atoms with Crippen LogP contribution >= 0.6 is 28.1 Å². The fourth-order valence-corrected chi connectivity index (χ4v) is 3.02. The molecule has 1 heterocycles. The van der Waals surface area contributed by atoms with Gasteiger partial charge in [0.1, 0.15) is 0 Å². The Balaban J connectivity index is 1.96. The molecule has 0 aliphatic rings. The third kappa shape index (κ3) is 3.86. The largest absolute Gasteiger partial charge is 0.493 e. The summed E-state index contributed by atoms with van der Waals surface area (Å²) in [4.78, 5) is 0. The highest BCUT2D eigenvalue weighted by Crippen LogP contribution is 2.28. The van der Waals surface area contributed by atoms with E-state index in [-0.39, 0.29) is 0 Å². The topological polar surface area (TPSA) is 64.4 Å². The summed E-state index contributed by atoms with van der Waals surface area (Å²) in [6.07, 6.45) is 1.70. The second-order valence-corrected chi connectivity index (χ2v) is 6.47. The van der Waals surface area contributed by atoms with E-state index in [2.05, 4.69) is 31.2 Å². The molecule has 0 radical (unpaired) electrons. The zero-order valence-electron chi connectivity index (χ0n) is 14.3. The molecule has 0 fully saturated rings. The minimum absolute atomic E-state index is 0.407. The standard InChI is InChI=1S/C18H17BrN4O2S/c1-3-25-15-9-8-12(10-16(15)24-2)11-20-23-17(21-22-18(23)26)13-6-4-5-7-14(13)19/h4-11H,3H2,1-2H3,(H,22,26)/b20-11+. The van der Waals surface area contributed by atoms with Crippen LogP contribution in [0.1, 0.15) is 12.5 Å². The highest BCUT2D eigenvalue weighted by molar-refractivity contribution is 9.10. The maximum Gasteiger partial charge on any atom is 0.216 e. The van der Waals surface area contributed by atoms with Gasteiger partial charge in [-0.15, -0.1) is 0 Å². The molecular weight excluding hydrogens is 416 g/mol. The molecular formula is C18H17BrN4O2S. The Kier molecular flexibility index (Phi) is 5.85. The van der Waals surface area contributed by atoms with Crippen molar-refractivity contribution >= 4 is 34.4 Å². The van der Waals surface area contributed by atoms with Gasteiger partial charge in [0.25, 0.3) is 0 Å². The van der Waals surface area contributed by atoms with Gasteiger partial charge >= 0.3 is 0 Å². The summed E-state index contributed by atoms with van der Waals surface area (Å²) in [5.74, 6) is 1.97. The molecule has 0 aliphatic heterocycles. The number of hydrogen-bond acceptors (Lipinski definition) is 5. The molecule has 2 aromatic carbocycles. The van der Waals surface area contributed by atoms with Crippen LogP contribution in [0.3, 0.4) is 0 Å². The smallest absolute Gasteiger partial charge is 0.216 e. The Morgan fingerprint density at radius 1 is 1.27 bits per heavy atom. The molecule has 0 aliphatic carbocycles. The van der Waals surface area contributed by atoms with Crippen molar-refractivity contribution in [3.63, 3.8) is 0 Å². The van der Waals surface area contributed by atoms with Crippen molar-refractivity contribution in [2.75, 3.05) is 13.7 Å². The van der Waals surface area contributed by atoms with Gasteiger partial charge in [0.15, 0.2) is 17.3 Å². The van der Waals surface area contributed by atoms with Crippen LogP contribution in [0.2, 0.25) is 0 Å².